The summed E-state index contributed by atoms with van der Waals surface area (Å²) in [4.78, 5) is 3.80. The van der Waals surface area contributed by atoms with Gasteiger partial charge in [0, 0.05) is 12.1 Å². The molecule has 0 fully saturated rings. The largest absolute Gasteiger partial charge is 0.573 e. The van der Waals surface area contributed by atoms with E-state index in [9.17, 15) is 17.6 Å². The summed E-state index contributed by atoms with van der Waals surface area (Å²) in [5, 5.41) is 9.33. The Balaban J connectivity index is 1.94. The average molecular weight is 304 g/mol. The molecule has 7 nitrogen and oxygen atoms in total. The van der Waals surface area contributed by atoms with Gasteiger partial charge in [-0.15, -0.1) is 18.3 Å². The lowest BCUT2D eigenvalue weighted by molar-refractivity contribution is -0.275. The third-order valence-electron chi connectivity index (χ3n) is 2.24. The van der Waals surface area contributed by atoms with Gasteiger partial charge >= 0.3 is 18.4 Å². The maximum atomic E-state index is 13.5. The normalized spacial score (nSPS) is 11.8. The van der Waals surface area contributed by atoms with E-state index in [0.717, 1.165) is 18.5 Å². The van der Waals surface area contributed by atoms with Crippen molar-refractivity contribution in [1.82, 2.24) is 15.2 Å². The topological polar surface area (TPSA) is 86.2 Å². The van der Waals surface area contributed by atoms with Crippen molar-refractivity contribution in [2.75, 3.05) is 5.32 Å². The van der Waals surface area contributed by atoms with Crippen LogP contribution in [0.5, 0.6) is 5.75 Å². The number of hydrogen-bond acceptors (Lipinski definition) is 7. The molecular weight excluding hydrogens is 300 g/mol. The second-order valence-electron chi connectivity index (χ2n) is 3.69. The molecule has 11 heteroatoms. The molecule has 1 N–H and O–H groups in total. The van der Waals surface area contributed by atoms with Crippen LogP contribution in [-0.4, -0.2) is 21.5 Å². The predicted octanol–water partition coefficient (Wildman–Crippen LogP) is 2.99. The van der Waals surface area contributed by atoms with Gasteiger partial charge in [0.1, 0.15) is 5.52 Å². The van der Waals surface area contributed by atoms with E-state index in [1.807, 2.05) is 0 Å². The lowest BCUT2D eigenvalue weighted by atomic mass is 10.3. The summed E-state index contributed by atoms with van der Waals surface area (Å²) in [7, 11) is 0. The fourth-order valence-electron chi connectivity index (χ4n) is 1.51. The quantitative estimate of drug-likeness (QED) is 0.744. The van der Waals surface area contributed by atoms with Crippen LogP contribution in [0.2, 0.25) is 0 Å². The summed E-state index contributed by atoms with van der Waals surface area (Å²) in [6, 6.07) is 1.29. The molecule has 0 saturated carbocycles. The van der Waals surface area contributed by atoms with Gasteiger partial charge in [0.25, 0.3) is 0 Å². The third kappa shape index (κ3) is 2.85. The number of anilines is 2. The van der Waals surface area contributed by atoms with Crippen LogP contribution >= 0.6 is 0 Å². The molecule has 3 aromatic rings. The van der Waals surface area contributed by atoms with Crippen LogP contribution in [0, 0.1) is 5.82 Å². The van der Waals surface area contributed by atoms with Crippen LogP contribution in [0.4, 0.5) is 29.6 Å². The zero-order valence-electron chi connectivity index (χ0n) is 9.81. The molecule has 3 rings (SSSR count). The van der Waals surface area contributed by atoms with Gasteiger partial charge in [-0.3, -0.25) is 5.32 Å². The van der Waals surface area contributed by atoms with E-state index in [2.05, 4.69) is 25.2 Å². The maximum Gasteiger partial charge on any atom is 0.573 e. The first kappa shape index (κ1) is 13.1. The molecule has 0 radical (unpaired) electrons. The van der Waals surface area contributed by atoms with E-state index in [0.29, 0.717) is 0 Å². The van der Waals surface area contributed by atoms with Gasteiger partial charge in [-0.25, -0.2) is 4.39 Å². The summed E-state index contributed by atoms with van der Waals surface area (Å²) in [6.45, 7) is 0. The molecule has 0 amide bonds. The molecule has 0 aliphatic carbocycles. The van der Waals surface area contributed by atoms with E-state index in [1.165, 1.54) is 0 Å². The number of alkyl halides is 3. The highest BCUT2D eigenvalue weighted by molar-refractivity contribution is 5.76. The third-order valence-corrected chi connectivity index (χ3v) is 2.24. The molecule has 2 aromatic heterocycles. The minimum atomic E-state index is -5.01. The Morgan fingerprint density at radius 1 is 1.19 bits per heavy atom. The highest BCUT2D eigenvalue weighted by atomic mass is 19.4. The van der Waals surface area contributed by atoms with Gasteiger partial charge in [-0.05, 0) is 0 Å². The Bertz CT molecular complexity index is 769. The fourth-order valence-corrected chi connectivity index (χ4v) is 1.51. The van der Waals surface area contributed by atoms with Crippen LogP contribution in [-0.2, 0) is 0 Å². The number of aromatic nitrogens is 3. The smallest absolute Gasteiger partial charge is 0.423 e. The zero-order chi connectivity index (χ0) is 15.0. The number of nitrogens with one attached hydrogen (secondary N) is 1. The van der Waals surface area contributed by atoms with Crippen molar-refractivity contribution < 1.29 is 31.1 Å². The fraction of sp³-hybridized carbons (Fsp3) is 0.100. The first-order valence-corrected chi connectivity index (χ1v) is 5.30. The molecule has 0 aliphatic heterocycles. The van der Waals surface area contributed by atoms with Crippen molar-refractivity contribution in [2.24, 2.45) is 0 Å². The average Bonchev–Trinajstić information content (AvgIpc) is 2.97. The Hall–Kier alpha value is -2.85. The van der Waals surface area contributed by atoms with Gasteiger partial charge in [-0.1, -0.05) is 5.10 Å². The van der Waals surface area contributed by atoms with E-state index < -0.39 is 17.9 Å². The lowest BCUT2D eigenvalue weighted by Crippen LogP contribution is -2.17. The van der Waals surface area contributed by atoms with Crippen LogP contribution < -0.4 is 10.1 Å². The number of halogens is 4. The number of benzene rings is 1. The van der Waals surface area contributed by atoms with E-state index in [-0.39, 0.29) is 23.1 Å². The highest BCUT2D eigenvalue weighted by Crippen LogP contribution is 2.31. The number of ether oxygens (including phenoxy) is 1. The summed E-state index contributed by atoms with van der Waals surface area (Å²) >= 11 is 0. The molecular formula is C10H4F4N4O3. The first-order chi connectivity index (χ1) is 9.90. The van der Waals surface area contributed by atoms with Gasteiger partial charge in [-0.2, -0.15) is 4.98 Å². The van der Waals surface area contributed by atoms with Crippen molar-refractivity contribution in [3.8, 4) is 5.75 Å². The molecule has 0 saturated heterocycles. The second-order valence-corrected chi connectivity index (χ2v) is 3.69. The number of hydrogen-bond donors (Lipinski definition) is 1. The molecule has 0 atom stereocenters. The summed E-state index contributed by atoms with van der Waals surface area (Å²) in [5.41, 5.74) is -0.123. The van der Waals surface area contributed by atoms with E-state index in [1.54, 1.807) is 0 Å². The van der Waals surface area contributed by atoms with Gasteiger partial charge in [0.15, 0.2) is 17.1 Å². The van der Waals surface area contributed by atoms with Crippen molar-refractivity contribution in [2.45, 2.75) is 6.36 Å². The number of fused-ring (bicyclic) bond motifs is 1. The minimum absolute atomic E-state index is 0.0438. The van der Waals surface area contributed by atoms with E-state index in [4.69, 9.17) is 8.83 Å². The van der Waals surface area contributed by atoms with Crippen molar-refractivity contribution in [3.63, 3.8) is 0 Å². The van der Waals surface area contributed by atoms with Gasteiger partial charge < -0.3 is 13.6 Å². The molecule has 1 aromatic carbocycles. The number of nitrogens with zero attached hydrogens (tertiary/aromatic N) is 3. The van der Waals surface area contributed by atoms with Crippen molar-refractivity contribution in [1.29, 1.82) is 0 Å². The predicted molar refractivity (Wildman–Crippen MR) is 58.2 cm³/mol. The van der Waals surface area contributed by atoms with Crippen molar-refractivity contribution in [3.05, 3.63) is 24.3 Å². The van der Waals surface area contributed by atoms with Crippen molar-refractivity contribution >= 4 is 23.1 Å². The molecule has 110 valence electrons. The standard InChI is InChI=1S/C10H4F4N4O3/c11-4-1-7-5(2-6(4)21-10(12,13)14)16-8(20-7)17-9-18-15-3-19-9/h1-3H,(H,16,17,18). The monoisotopic (exact) mass is 304 g/mol. The SMILES string of the molecule is Fc1cc2oc(Nc3nnco3)nc2cc1OC(F)(F)F. The van der Waals surface area contributed by atoms with Gasteiger partial charge in [0.05, 0.1) is 0 Å². The van der Waals surface area contributed by atoms with Crippen LogP contribution in [0.1, 0.15) is 0 Å². The Labute approximate surface area is 112 Å². The Morgan fingerprint density at radius 3 is 2.67 bits per heavy atom. The first-order valence-electron chi connectivity index (χ1n) is 5.30. The Kier molecular flexibility index (Phi) is 2.89. The highest BCUT2D eigenvalue weighted by Gasteiger charge is 2.32. The summed E-state index contributed by atoms with van der Waals surface area (Å²) < 4.78 is 63.2. The molecule has 0 aliphatic rings. The van der Waals surface area contributed by atoms with Crippen LogP contribution in [0.15, 0.2) is 27.4 Å². The van der Waals surface area contributed by atoms with Crippen LogP contribution in [0.25, 0.3) is 11.1 Å². The molecule has 0 spiro atoms. The molecule has 0 bridgehead atoms. The number of oxazole rings is 1. The maximum absolute atomic E-state index is 13.5. The molecule has 0 unspecified atom stereocenters. The summed E-state index contributed by atoms with van der Waals surface area (Å²) in [6.07, 6.45) is -3.97. The van der Waals surface area contributed by atoms with Crippen LogP contribution in [0.3, 0.4) is 0 Å². The number of rotatable bonds is 3. The minimum Gasteiger partial charge on any atom is -0.423 e. The molecule has 21 heavy (non-hydrogen) atoms. The zero-order valence-corrected chi connectivity index (χ0v) is 9.81. The van der Waals surface area contributed by atoms with E-state index >= 15 is 0 Å². The second kappa shape index (κ2) is 4.61. The lowest BCUT2D eigenvalue weighted by Gasteiger charge is -2.08. The van der Waals surface area contributed by atoms with Gasteiger partial charge in [0.2, 0.25) is 6.39 Å². The molecule has 2 heterocycles. The summed E-state index contributed by atoms with van der Waals surface area (Å²) in [5.74, 6) is -2.24. The Morgan fingerprint density at radius 2 is 2.00 bits per heavy atom.